The number of hydrogen-bond acceptors (Lipinski definition) is 3. The molecule has 2 N–H and O–H groups in total. The van der Waals surface area contributed by atoms with Gasteiger partial charge >= 0.3 is 0 Å². The van der Waals surface area contributed by atoms with Crippen molar-refractivity contribution < 1.29 is 12.8 Å². The fraction of sp³-hybridized carbons (Fsp3) is 0.571. The number of piperidine rings is 1. The van der Waals surface area contributed by atoms with E-state index in [2.05, 4.69) is 6.92 Å². The van der Waals surface area contributed by atoms with Crippen molar-refractivity contribution >= 4 is 10.0 Å². The lowest BCUT2D eigenvalue weighted by Gasteiger charge is -2.37. The van der Waals surface area contributed by atoms with Gasteiger partial charge in [0.1, 0.15) is 5.82 Å². The summed E-state index contributed by atoms with van der Waals surface area (Å²) in [7, 11) is -3.61. The first kappa shape index (κ1) is 15.4. The molecule has 1 heterocycles. The Morgan fingerprint density at radius 1 is 1.45 bits per heavy atom. The van der Waals surface area contributed by atoms with Crippen LogP contribution in [0.25, 0.3) is 0 Å². The van der Waals surface area contributed by atoms with Crippen LogP contribution < -0.4 is 5.73 Å². The third-order valence-electron chi connectivity index (χ3n) is 3.92. The number of hydrogen-bond donors (Lipinski definition) is 1. The summed E-state index contributed by atoms with van der Waals surface area (Å²) in [5, 5.41) is 0. The summed E-state index contributed by atoms with van der Waals surface area (Å²) in [5.41, 5.74) is 6.16. The third kappa shape index (κ3) is 2.87. The van der Waals surface area contributed by atoms with Gasteiger partial charge in [-0.05, 0) is 49.4 Å². The van der Waals surface area contributed by atoms with Crippen LogP contribution in [-0.4, -0.2) is 31.9 Å². The fourth-order valence-corrected chi connectivity index (χ4v) is 4.66. The molecule has 112 valence electrons. The van der Waals surface area contributed by atoms with Gasteiger partial charge in [0.05, 0.1) is 4.90 Å². The predicted octanol–water partition coefficient (Wildman–Crippen LogP) is 1.88. The molecule has 0 aliphatic carbocycles. The highest BCUT2D eigenvalue weighted by atomic mass is 32.2. The maximum Gasteiger partial charge on any atom is 0.243 e. The van der Waals surface area contributed by atoms with Crippen LogP contribution in [0, 0.1) is 18.7 Å². The molecule has 0 radical (unpaired) electrons. The predicted molar refractivity (Wildman–Crippen MR) is 76.3 cm³/mol. The van der Waals surface area contributed by atoms with Gasteiger partial charge in [0.2, 0.25) is 10.0 Å². The van der Waals surface area contributed by atoms with E-state index in [1.165, 1.54) is 22.5 Å². The number of halogens is 1. The van der Waals surface area contributed by atoms with E-state index < -0.39 is 15.8 Å². The van der Waals surface area contributed by atoms with Gasteiger partial charge in [-0.3, -0.25) is 0 Å². The standard InChI is InChI=1S/C14H21FN2O2S/c1-10-5-6-17(13(7-10)9-16)20(18,19)14-4-3-12(15)8-11(14)2/h3-4,8,10,13H,5-7,9,16H2,1-2H3. The van der Waals surface area contributed by atoms with E-state index in [1.54, 1.807) is 6.92 Å². The average Bonchev–Trinajstić information content (AvgIpc) is 2.37. The highest BCUT2D eigenvalue weighted by molar-refractivity contribution is 7.89. The number of sulfonamides is 1. The van der Waals surface area contributed by atoms with Crippen LogP contribution in [0.3, 0.4) is 0 Å². The molecule has 1 fully saturated rings. The molecule has 0 saturated carbocycles. The first-order chi connectivity index (χ1) is 9.36. The Hall–Kier alpha value is -0.980. The number of rotatable bonds is 3. The van der Waals surface area contributed by atoms with E-state index >= 15 is 0 Å². The van der Waals surface area contributed by atoms with Crippen LogP contribution in [0.2, 0.25) is 0 Å². The molecule has 0 amide bonds. The molecule has 20 heavy (non-hydrogen) atoms. The summed E-state index contributed by atoms with van der Waals surface area (Å²) in [4.78, 5) is 0.173. The number of nitrogens with zero attached hydrogens (tertiary/aromatic N) is 1. The molecule has 2 unspecified atom stereocenters. The van der Waals surface area contributed by atoms with E-state index in [0.717, 1.165) is 12.8 Å². The van der Waals surface area contributed by atoms with Crippen molar-refractivity contribution in [1.29, 1.82) is 0 Å². The molecule has 1 aliphatic rings. The lowest BCUT2D eigenvalue weighted by Crippen LogP contribution is -2.49. The minimum atomic E-state index is -3.61. The summed E-state index contributed by atoms with van der Waals surface area (Å²) in [5.74, 6) is 0.0494. The van der Waals surface area contributed by atoms with Crippen LogP contribution in [0.1, 0.15) is 25.3 Å². The van der Waals surface area contributed by atoms with Crippen molar-refractivity contribution in [3.63, 3.8) is 0 Å². The molecule has 2 atom stereocenters. The smallest absolute Gasteiger partial charge is 0.243 e. The Bertz CT molecular complexity index is 589. The second kappa shape index (κ2) is 5.79. The molecule has 1 aromatic rings. The molecule has 6 heteroatoms. The molecule has 0 bridgehead atoms. The molecule has 1 aliphatic heterocycles. The number of nitrogens with two attached hydrogens (primary N) is 1. The van der Waals surface area contributed by atoms with E-state index in [-0.39, 0.29) is 10.9 Å². The second-order valence-corrected chi connectivity index (χ2v) is 7.40. The minimum absolute atomic E-state index is 0.173. The Labute approximate surface area is 119 Å². The summed E-state index contributed by atoms with van der Waals surface area (Å²) in [6.07, 6.45) is 1.60. The van der Waals surface area contributed by atoms with Gasteiger partial charge in [-0.1, -0.05) is 6.92 Å². The average molecular weight is 300 g/mol. The summed E-state index contributed by atoms with van der Waals surface area (Å²) < 4.78 is 40.1. The maximum atomic E-state index is 13.1. The summed E-state index contributed by atoms with van der Waals surface area (Å²) in [6, 6.07) is 3.60. The first-order valence-corrected chi connectivity index (χ1v) is 8.28. The molecular weight excluding hydrogens is 279 g/mol. The molecule has 0 spiro atoms. The zero-order valence-corrected chi connectivity index (χ0v) is 12.7. The van der Waals surface area contributed by atoms with Gasteiger partial charge in [0.15, 0.2) is 0 Å². The monoisotopic (exact) mass is 300 g/mol. The third-order valence-corrected chi connectivity index (χ3v) is 6.03. The van der Waals surface area contributed by atoms with Crippen LogP contribution >= 0.6 is 0 Å². The largest absolute Gasteiger partial charge is 0.329 e. The first-order valence-electron chi connectivity index (χ1n) is 6.84. The van der Waals surface area contributed by atoms with Crippen LogP contribution in [-0.2, 0) is 10.0 Å². The molecular formula is C14H21FN2O2S. The van der Waals surface area contributed by atoms with Crippen molar-refractivity contribution in [3.05, 3.63) is 29.6 Å². The zero-order valence-electron chi connectivity index (χ0n) is 11.8. The molecule has 1 saturated heterocycles. The van der Waals surface area contributed by atoms with E-state index in [4.69, 9.17) is 5.73 Å². The van der Waals surface area contributed by atoms with Gasteiger partial charge in [-0.25, -0.2) is 12.8 Å². The van der Waals surface area contributed by atoms with Crippen LogP contribution in [0.15, 0.2) is 23.1 Å². The molecule has 4 nitrogen and oxygen atoms in total. The van der Waals surface area contributed by atoms with Crippen molar-refractivity contribution in [3.8, 4) is 0 Å². The molecule has 1 aromatic carbocycles. The zero-order chi connectivity index (χ0) is 14.9. The fourth-order valence-electron chi connectivity index (χ4n) is 2.79. The van der Waals surface area contributed by atoms with Gasteiger partial charge in [-0.2, -0.15) is 4.31 Å². The Morgan fingerprint density at radius 3 is 2.75 bits per heavy atom. The lowest BCUT2D eigenvalue weighted by molar-refractivity contribution is 0.211. The van der Waals surface area contributed by atoms with E-state index in [9.17, 15) is 12.8 Å². The highest BCUT2D eigenvalue weighted by Crippen LogP contribution is 2.29. The Morgan fingerprint density at radius 2 is 2.15 bits per heavy atom. The minimum Gasteiger partial charge on any atom is -0.329 e. The van der Waals surface area contributed by atoms with Crippen molar-refractivity contribution in [2.45, 2.75) is 37.6 Å². The van der Waals surface area contributed by atoms with Crippen molar-refractivity contribution in [2.24, 2.45) is 11.7 Å². The van der Waals surface area contributed by atoms with Crippen LogP contribution in [0.5, 0.6) is 0 Å². The van der Waals surface area contributed by atoms with Gasteiger partial charge in [-0.15, -0.1) is 0 Å². The van der Waals surface area contributed by atoms with Gasteiger partial charge < -0.3 is 5.73 Å². The topological polar surface area (TPSA) is 63.4 Å². The second-order valence-electron chi connectivity index (χ2n) is 5.54. The van der Waals surface area contributed by atoms with Crippen molar-refractivity contribution in [1.82, 2.24) is 4.31 Å². The van der Waals surface area contributed by atoms with Crippen LogP contribution in [0.4, 0.5) is 4.39 Å². The lowest BCUT2D eigenvalue weighted by atomic mass is 9.94. The summed E-state index contributed by atoms with van der Waals surface area (Å²) in [6.45, 7) is 4.50. The summed E-state index contributed by atoms with van der Waals surface area (Å²) >= 11 is 0. The van der Waals surface area contributed by atoms with Gasteiger partial charge in [0.25, 0.3) is 0 Å². The SMILES string of the molecule is Cc1cc(F)ccc1S(=O)(=O)N1CCC(C)CC1CN. The van der Waals surface area contributed by atoms with E-state index in [0.29, 0.717) is 24.6 Å². The Balaban J connectivity index is 2.38. The van der Waals surface area contributed by atoms with E-state index in [1.807, 2.05) is 0 Å². The maximum absolute atomic E-state index is 13.1. The highest BCUT2D eigenvalue weighted by Gasteiger charge is 2.35. The van der Waals surface area contributed by atoms with Gasteiger partial charge in [0, 0.05) is 19.1 Å². The number of benzene rings is 1. The normalized spacial score (nSPS) is 24.8. The number of aryl methyl sites for hydroxylation is 1. The molecule has 2 rings (SSSR count). The molecule has 0 aromatic heterocycles. The Kier molecular flexibility index (Phi) is 4.46. The quantitative estimate of drug-likeness (QED) is 0.927. The van der Waals surface area contributed by atoms with Crippen molar-refractivity contribution in [2.75, 3.05) is 13.1 Å².